The third-order valence-electron chi connectivity index (χ3n) is 2.79. The summed E-state index contributed by atoms with van der Waals surface area (Å²) in [5.74, 6) is -1.11. The van der Waals surface area contributed by atoms with Gasteiger partial charge in [0, 0.05) is 19.4 Å². The second kappa shape index (κ2) is 6.79. The molecule has 0 aromatic heterocycles. The largest absolute Gasteiger partial charge is 0.481 e. The summed E-state index contributed by atoms with van der Waals surface area (Å²) in [6.45, 7) is 4.25. The molecule has 0 saturated heterocycles. The lowest BCUT2D eigenvalue weighted by Crippen LogP contribution is -2.25. The Kier molecular flexibility index (Phi) is 5.36. The zero-order valence-electron chi connectivity index (χ0n) is 10.8. The molecular weight excluding hydrogens is 230 g/mol. The van der Waals surface area contributed by atoms with Crippen molar-refractivity contribution >= 4 is 11.9 Å². The maximum atomic E-state index is 11.6. The number of aliphatic carboxylic acids is 1. The predicted molar refractivity (Wildman–Crippen MR) is 69.1 cm³/mol. The first-order chi connectivity index (χ1) is 8.49. The number of hydrogen-bond acceptors (Lipinski definition) is 2. The Balaban J connectivity index is 2.38. The van der Waals surface area contributed by atoms with E-state index in [1.54, 1.807) is 6.92 Å². The first-order valence-electron chi connectivity index (χ1n) is 6.02. The van der Waals surface area contributed by atoms with Crippen molar-refractivity contribution in [3.8, 4) is 0 Å². The molecule has 18 heavy (non-hydrogen) atoms. The SMILES string of the molecule is Cc1ccccc1CNC(=O)CC(C)CC(=O)O. The van der Waals surface area contributed by atoms with Crippen LogP contribution in [0.15, 0.2) is 24.3 Å². The molecule has 0 aliphatic rings. The van der Waals surface area contributed by atoms with Crippen LogP contribution in [0.1, 0.15) is 30.9 Å². The summed E-state index contributed by atoms with van der Waals surface area (Å²) < 4.78 is 0. The minimum absolute atomic E-state index is 0.0256. The molecule has 1 unspecified atom stereocenters. The van der Waals surface area contributed by atoms with Gasteiger partial charge in [-0.15, -0.1) is 0 Å². The van der Waals surface area contributed by atoms with E-state index in [9.17, 15) is 9.59 Å². The molecule has 98 valence electrons. The molecule has 0 fully saturated rings. The topological polar surface area (TPSA) is 66.4 Å². The van der Waals surface area contributed by atoms with E-state index in [2.05, 4.69) is 5.32 Å². The fourth-order valence-electron chi connectivity index (χ4n) is 1.76. The Morgan fingerprint density at radius 2 is 1.94 bits per heavy atom. The van der Waals surface area contributed by atoms with Crippen molar-refractivity contribution in [2.45, 2.75) is 33.2 Å². The van der Waals surface area contributed by atoms with E-state index >= 15 is 0 Å². The van der Waals surface area contributed by atoms with E-state index < -0.39 is 5.97 Å². The van der Waals surface area contributed by atoms with Crippen LogP contribution in [0.3, 0.4) is 0 Å². The fraction of sp³-hybridized carbons (Fsp3) is 0.429. The Hall–Kier alpha value is -1.84. The summed E-state index contributed by atoms with van der Waals surface area (Å²) in [7, 11) is 0. The van der Waals surface area contributed by atoms with Gasteiger partial charge < -0.3 is 10.4 Å². The van der Waals surface area contributed by atoms with Crippen molar-refractivity contribution < 1.29 is 14.7 Å². The summed E-state index contributed by atoms with van der Waals surface area (Å²) in [5.41, 5.74) is 2.22. The number of carboxylic acids is 1. The molecule has 0 heterocycles. The van der Waals surface area contributed by atoms with Crippen LogP contribution in [-0.4, -0.2) is 17.0 Å². The lowest BCUT2D eigenvalue weighted by molar-refractivity contribution is -0.138. The van der Waals surface area contributed by atoms with Gasteiger partial charge in [0.1, 0.15) is 0 Å². The van der Waals surface area contributed by atoms with Crippen molar-refractivity contribution in [2.24, 2.45) is 5.92 Å². The zero-order chi connectivity index (χ0) is 13.5. The number of benzene rings is 1. The molecule has 1 atom stereocenters. The summed E-state index contributed by atoms with van der Waals surface area (Å²) in [6, 6.07) is 7.85. The lowest BCUT2D eigenvalue weighted by Gasteiger charge is -2.10. The second-order valence-electron chi connectivity index (χ2n) is 4.61. The molecule has 4 heteroatoms. The minimum Gasteiger partial charge on any atom is -0.481 e. The average molecular weight is 249 g/mol. The maximum absolute atomic E-state index is 11.6. The lowest BCUT2D eigenvalue weighted by atomic mass is 10.0. The number of nitrogens with one attached hydrogen (secondary N) is 1. The quantitative estimate of drug-likeness (QED) is 0.811. The van der Waals surface area contributed by atoms with Crippen molar-refractivity contribution in [2.75, 3.05) is 0 Å². The van der Waals surface area contributed by atoms with E-state index in [-0.39, 0.29) is 24.7 Å². The molecule has 0 aliphatic heterocycles. The molecule has 1 aromatic rings. The van der Waals surface area contributed by atoms with E-state index in [1.807, 2.05) is 31.2 Å². The van der Waals surface area contributed by atoms with Gasteiger partial charge in [0.25, 0.3) is 0 Å². The third-order valence-corrected chi connectivity index (χ3v) is 2.79. The van der Waals surface area contributed by atoms with Gasteiger partial charge in [-0.3, -0.25) is 9.59 Å². The molecule has 1 aromatic carbocycles. The van der Waals surface area contributed by atoms with Crippen molar-refractivity contribution in [1.82, 2.24) is 5.32 Å². The standard InChI is InChI=1S/C14H19NO3/c1-10(8-14(17)18)7-13(16)15-9-12-6-4-3-5-11(12)2/h3-6,10H,7-9H2,1-2H3,(H,15,16)(H,17,18). The van der Waals surface area contributed by atoms with Gasteiger partial charge in [-0.25, -0.2) is 0 Å². The second-order valence-corrected chi connectivity index (χ2v) is 4.61. The van der Waals surface area contributed by atoms with Crippen LogP contribution in [0.2, 0.25) is 0 Å². The Morgan fingerprint density at radius 3 is 2.56 bits per heavy atom. The maximum Gasteiger partial charge on any atom is 0.303 e. The smallest absolute Gasteiger partial charge is 0.303 e. The number of aryl methyl sites for hydroxylation is 1. The van der Waals surface area contributed by atoms with Crippen LogP contribution in [0.5, 0.6) is 0 Å². The molecule has 0 radical (unpaired) electrons. The van der Waals surface area contributed by atoms with Crippen LogP contribution in [0.4, 0.5) is 0 Å². The molecule has 4 nitrogen and oxygen atoms in total. The van der Waals surface area contributed by atoms with Crippen LogP contribution < -0.4 is 5.32 Å². The number of carboxylic acid groups (broad SMARTS) is 1. The molecule has 0 spiro atoms. The molecule has 2 N–H and O–H groups in total. The average Bonchev–Trinajstić information content (AvgIpc) is 2.26. The Bertz CT molecular complexity index is 429. The number of carbonyl (C=O) groups is 2. The van der Waals surface area contributed by atoms with Gasteiger partial charge in [0.15, 0.2) is 0 Å². The highest BCUT2D eigenvalue weighted by molar-refractivity contribution is 5.77. The predicted octanol–water partition coefficient (Wildman–Crippen LogP) is 2.11. The van der Waals surface area contributed by atoms with Crippen LogP contribution in [-0.2, 0) is 16.1 Å². The third kappa shape index (κ3) is 4.99. The van der Waals surface area contributed by atoms with Gasteiger partial charge in [-0.05, 0) is 24.0 Å². The fourth-order valence-corrected chi connectivity index (χ4v) is 1.76. The number of carbonyl (C=O) groups excluding carboxylic acids is 1. The number of rotatable bonds is 6. The Labute approximate surface area is 107 Å². The minimum atomic E-state index is -0.866. The van der Waals surface area contributed by atoms with Gasteiger partial charge in [-0.2, -0.15) is 0 Å². The first kappa shape index (κ1) is 14.2. The number of hydrogen-bond donors (Lipinski definition) is 2. The first-order valence-corrected chi connectivity index (χ1v) is 6.02. The summed E-state index contributed by atoms with van der Waals surface area (Å²) in [4.78, 5) is 22.1. The van der Waals surface area contributed by atoms with Gasteiger partial charge in [-0.1, -0.05) is 31.2 Å². The summed E-state index contributed by atoms with van der Waals surface area (Å²) >= 11 is 0. The van der Waals surface area contributed by atoms with Gasteiger partial charge in [0.2, 0.25) is 5.91 Å². The highest BCUT2D eigenvalue weighted by Gasteiger charge is 2.12. The molecule has 1 amide bonds. The monoisotopic (exact) mass is 249 g/mol. The van der Waals surface area contributed by atoms with Crippen molar-refractivity contribution in [3.63, 3.8) is 0 Å². The molecule has 1 rings (SSSR count). The zero-order valence-corrected chi connectivity index (χ0v) is 10.8. The highest BCUT2D eigenvalue weighted by atomic mass is 16.4. The molecule has 0 saturated carbocycles. The van der Waals surface area contributed by atoms with E-state index in [1.165, 1.54) is 0 Å². The van der Waals surface area contributed by atoms with Crippen LogP contribution in [0, 0.1) is 12.8 Å². The van der Waals surface area contributed by atoms with Gasteiger partial charge in [0.05, 0.1) is 0 Å². The number of amides is 1. The summed E-state index contributed by atoms with van der Waals surface area (Å²) in [5, 5.41) is 11.4. The molecule has 0 bridgehead atoms. The van der Waals surface area contributed by atoms with E-state index in [0.29, 0.717) is 6.54 Å². The normalized spacial score (nSPS) is 11.9. The summed E-state index contributed by atoms with van der Waals surface area (Å²) in [6.07, 6.45) is 0.274. The van der Waals surface area contributed by atoms with Gasteiger partial charge >= 0.3 is 5.97 Å². The molecule has 0 aliphatic carbocycles. The van der Waals surface area contributed by atoms with Crippen molar-refractivity contribution in [1.29, 1.82) is 0 Å². The molecular formula is C14H19NO3. The van der Waals surface area contributed by atoms with Crippen LogP contribution in [0.25, 0.3) is 0 Å². The highest BCUT2D eigenvalue weighted by Crippen LogP contribution is 2.09. The van der Waals surface area contributed by atoms with Crippen molar-refractivity contribution in [3.05, 3.63) is 35.4 Å². The van der Waals surface area contributed by atoms with Crippen LogP contribution >= 0.6 is 0 Å². The Morgan fingerprint density at radius 1 is 1.28 bits per heavy atom. The van der Waals surface area contributed by atoms with E-state index in [0.717, 1.165) is 11.1 Å². The van der Waals surface area contributed by atoms with E-state index in [4.69, 9.17) is 5.11 Å².